The van der Waals surface area contributed by atoms with Crippen molar-refractivity contribution in [3.05, 3.63) is 43.3 Å². The monoisotopic (exact) mass is 438 g/mol. The molecule has 106 valence electrons. The van der Waals surface area contributed by atoms with Gasteiger partial charge in [0.1, 0.15) is 16.6 Å². The minimum atomic E-state index is 0.301. The molecule has 1 heterocycles. The summed E-state index contributed by atoms with van der Waals surface area (Å²) in [4.78, 5) is 4.29. The first-order chi connectivity index (χ1) is 9.51. The topological polar surface area (TPSA) is 34.2 Å². The molecular formula is C13H10Br2Cl2N2O. The highest BCUT2D eigenvalue weighted by molar-refractivity contribution is 9.11. The molecular weight excluding hydrogens is 431 g/mol. The third kappa shape index (κ3) is 3.79. The van der Waals surface area contributed by atoms with Gasteiger partial charge in [0, 0.05) is 11.0 Å². The summed E-state index contributed by atoms with van der Waals surface area (Å²) in [5.41, 5.74) is 0. The van der Waals surface area contributed by atoms with E-state index in [1.165, 1.54) is 0 Å². The van der Waals surface area contributed by atoms with Gasteiger partial charge >= 0.3 is 0 Å². The van der Waals surface area contributed by atoms with E-state index in [2.05, 4.69) is 42.2 Å². The molecule has 0 saturated carbocycles. The zero-order valence-electron chi connectivity index (χ0n) is 10.4. The summed E-state index contributed by atoms with van der Waals surface area (Å²) in [5, 5.41) is 3.86. The number of ether oxygens (including phenoxy) is 1. The number of benzene rings is 1. The zero-order chi connectivity index (χ0) is 14.7. The van der Waals surface area contributed by atoms with E-state index in [0.717, 1.165) is 8.95 Å². The fourth-order valence-electron chi connectivity index (χ4n) is 1.47. The van der Waals surface area contributed by atoms with Gasteiger partial charge in [0.25, 0.3) is 0 Å². The van der Waals surface area contributed by atoms with Gasteiger partial charge in [-0.1, -0.05) is 39.1 Å². The molecule has 0 aliphatic carbocycles. The van der Waals surface area contributed by atoms with E-state index < -0.39 is 0 Å². The smallest absolute Gasteiger partial charge is 0.240 e. The lowest BCUT2D eigenvalue weighted by Crippen LogP contribution is -2.01. The highest BCUT2D eigenvalue weighted by Gasteiger charge is 2.12. The van der Waals surface area contributed by atoms with Crippen LogP contribution in [0.2, 0.25) is 10.0 Å². The number of rotatable bonds is 4. The Kier molecular flexibility index (Phi) is 5.55. The summed E-state index contributed by atoms with van der Waals surface area (Å²) in [5.74, 6) is 1.46. The molecule has 1 aromatic heterocycles. The van der Waals surface area contributed by atoms with Crippen LogP contribution >= 0.6 is 55.1 Å². The van der Waals surface area contributed by atoms with E-state index in [1.807, 2.05) is 25.1 Å². The molecule has 1 N–H and O–H groups in total. The molecule has 0 unspecified atom stereocenters. The normalized spacial score (nSPS) is 10.4. The van der Waals surface area contributed by atoms with Crippen molar-refractivity contribution in [2.45, 2.75) is 6.92 Å². The van der Waals surface area contributed by atoms with E-state index in [9.17, 15) is 0 Å². The lowest BCUT2D eigenvalue weighted by atomic mass is 10.3. The van der Waals surface area contributed by atoms with Gasteiger partial charge in [-0.25, -0.2) is 0 Å². The fraction of sp³-hybridized carbons (Fsp3) is 0.154. The third-order valence-corrected chi connectivity index (χ3v) is 4.01. The van der Waals surface area contributed by atoms with Gasteiger partial charge < -0.3 is 10.1 Å². The standard InChI is InChI=1S/C13H10Br2Cl2N2O/c1-2-18-12-9(16)6-10(17)13(19-12)20-11-4-3-7(14)5-8(11)15/h3-6H,2H2,1H3,(H,18,19). The third-order valence-electron chi connectivity index (χ3n) is 2.34. The predicted molar refractivity (Wildman–Crippen MR) is 90.3 cm³/mol. The molecule has 1 aromatic carbocycles. The van der Waals surface area contributed by atoms with Crippen molar-refractivity contribution in [3.63, 3.8) is 0 Å². The molecule has 20 heavy (non-hydrogen) atoms. The van der Waals surface area contributed by atoms with Crippen LogP contribution in [0.5, 0.6) is 11.6 Å². The molecule has 3 nitrogen and oxygen atoms in total. The maximum absolute atomic E-state index is 6.11. The number of hydrogen-bond donors (Lipinski definition) is 1. The number of nitrogens with zero attached hydrogens (tertiary/aromatic N) is 1. The van der Waals surface area contributed by atoms with E-state index in [1.54, 1.807) is 6.07 Å². The van der Waals surface area contributed by atoms with Gasteiger partial charge in [-0.2, -0.15) is 4.98 Å². The van der Waals surface area contributed by atoms with Crippen LogP contribution in [0.4, 0.5) is 5.82 Å². The van der Waals surface area contributed by atoms with Crippen molar-refractivity contribution in [1.82, 2.24) is 4.98 Å². The van der Waals surface area contributed by atoms with Crippen LogP contribution in [0.3, 0.4) is 0 Å². The van der Waals surface area contributed by atoms with Crippen molar-refractivity contribution in [2.24, 2.45) is 0 Å². The van der Waals surface area contributed by atoms with Gasteiger partial charge in [0.2, 0.25) is 5.88 Å². The number of pyridine rings is 1. The first-order valence-electron chi connectivity index (χ1n) is 5.74. The summed E-state index contributed by atoms with van der Waals surface area (Å²) in [7, 11) is 0. The highest BCUT2D eigenvalue weighted by atomic mass is 79.9. The first kappa shape index (κ1) is 15.9. The Morgan fingerprint density at radius 2 is 1.95 bits per heavy atom. The molecule has 7 heteroatoms. The summed E-state index contributed by atoms with van der Waals surface area (Å²) in [6, 6.07) is 7.17. The van der Waals surface area contributed by atoms with Crippen LogP contribution in [-0.4, -0.2) is 11.5 Å². The van der Waals surface area contributed by atoms with Gasteiger partial charge in [-0.3, -0.25) is 0 Å². The highest BCUT2D eigenvalue weighted by Crippen LogP contribution is 2.36. The molecule has 0 radical (unpaired) electrons. The van der Waals surface area contributed by atoms with Crippen LogP contribution in [0, 0.1) is 0 Å². The first-order valence-corrected chi connectivity index (χ1v) is 8.08. The second-order valence-corrected chi connectivity index (χ2v) is 6.40. The van der Waals surface area contributed by atoms with Gasteiger partial charge in [0.05, 0.1) is 9.50 Å². The summed E-state index contributed by atoms with van der Waals surface area (Å²) < 4.78 is 7.47. The van der Waals surface area contributed by atoms with Crippen LogP contribution in [-0.2, 0) is 0 Å². The SMILES string of the molecule is CCNc1nc(Oc2ccc(Br)cc2Br)c(Cl)cc1Cl. The van der Waals surface area contributed by atoms with Gasteiger partial charge in [-0.05, 0) is 47.1 Å². The Hall–Kier alpha value is -0.490. The van der Waals surface area contributed by atoms with Crippen molar-refractivity contribution in [2.75, 3.05) is 11.9 Å². The Balaban J connectivity index is 2.35. The second kappa shape index (κ2) is 6.98. The maximum atomic E-state index is 6.11. The quantitative estimate of drug-likeness (QED) is 0.620. The summed E-state index contributed by atoms with van der Waals surface area (Å²) in [6.07, 6.45) is 0. The zero-order valence-corrected chi connectivity index (χ0v) is 15.1. The molecule has 0 bridgehead atoms. The van der Waals surface area contributed by atoms with E-state index >= 15 is 0 Å². The van der Waals surface area contributed by atoms with Crippen LogP contribution in [0.25, 0.3) is 0 Å². The molecule has 0 fully saturated rings. The van der Waals surface area contributed by atoms with Crippen molar-refractivity contribution in [3.8, 4) is 11.6 Å². The minimum absolute atomic E-state index is 0.301. The van der Waals surface area contributed by atoms with E-state index in [-0.39, 0.29) is 0 Å². The van der Waals surface area contributed by atoms with Gasteiger partial charge in [0.15, 0.2) is 0 Å². The molecule has 0 aliphatic rings. The number of anilines is 1. The van der Waals surface area contributed by atoms with Crippen molar-refractivity contribution in [1.29, 1.82) is 0 Å². The van der Waals surface area contributed by atoms with Crippen molar-refractivity contribution < 1.29 is 4.74 Å². The lowest BCUT2D eigenvalue weighted by Gasteiger charge is -2.12. The Morgan fingerprint density at radius 1 is 1.20 bits per heavy atom. The summed E-state index contributed by atoms with van der Waals surface area (Å²) in [6.45, 7) is 2.66. The molecule has 0 amide bonds. The molecule has 0 atom stereocenters. The average molecular weight is 441 g/mol. The maximum Gasteiger partial charge on any atom is 0.240 e. The number of halogens is 4. The van der Waals surface area contributed by atoms with Crippen LogP contribution in [0.15, 0.2) is 33.2 Å². The number of aromatic nitrogens is 1. The van der Waals surface area contributed by atoms with Crippen LogP contribution in [0.1, 0.15) is 6.92 Å². The summed E-state index contributed by atoms with van der Waals surface area (Å²) >= 11 is 19.0. The molecule has 0 aliphatic heterocycles. The molecule has 0 saturated heterocycles. The number of hydrogen-bond acceptors (Lipinski definition) is 3. The average Bonchev–Trinajstić information content (AvgIpc) is 2.38. The lowest BCUT2D eigenvalue weighted by molar-refractivity contribution is 0.461. The fourth-order valence-corrected chi connectivity index (χ4v) is 3.07. The minimum Gasteiger partial charge on any atom is -0.436 e. The largest absolute Gasteiger partial charge is 0.436 e. The Labute approximate surface area is 143 Å². The molecule has 0 spiro atoms. The van der Waals surface area contributed by atoms with E-state index in [4.69, 9.17) is 27.9 Å². The number of nitrogens with one attached hydrogen (secondary N) is 1. The van der Waals surface area contributed by atoms with Gasteiger partial charge in [-0.15, -0.1) is 0 Å². The second-order valence-electron chi connectivity index (χ2n) is 3.81. The van der Waals surface area contributed by atoms with Crippen LogP contribution < -0.4 is 10.1 Å². The molecule has 2 aromatic rings. The Bertz CT molecular complexity index is 638. The predicted octanol–water partition coefficient (Wildman–Crippen LogP) is 6.14. The Morgan fingerprint density at radius 3 is 2.60 bits per heavy atom. The van der Waals surface area contributed by atoms with Crippen molar-refractivity contribution >= 4 is 60.9 Å². The molecule has 2 rings (SSSR count). The van der Waals surface area contributed by atoms with E-state index in [0.29, 0.717) is 34.0 Å².